The molecule has 2 atom stereocenters. The van der Waals surface area contributed by atoms with Crippen LogP contribution in [-0.4, -0.2) is 36.1 Å². The molecule has 4 nitrogen and oxygen atoms in total. The van der Waals surface area contributed by atoms with Crippen molar-refractivity contribution in [2.75, 3.05) is 13.6 Å². The van der Waals surface area contributed by atoms with Gasteiger partial charge in [0.1, 0.15) is 0 Å². The van der Waals surface area contributed by atoms with Crippen molar-refractivity contribution in [3.05, 3.63) is 0 Å². The second kappa shape index (κ2) is 5.71. The van der Waals surface area contributed by atoms with Crippen LogP contribution >= 0.6 is 0 Å². The molecule has 17 heavy (non-hydrogen) atoms. The number of hydrogen-bond donors (Lipinski definition) is 2. The second-order valence-electron chi connectivity index (χ2n) is 6.14. The molecule has 1 saturated carbocycles. The lowest BCUT2D eigenvalue weighted by molar-refractivity contribution is 0.135. The van der Waals surface area contributed by atoms with Crippen LogP contribution in [0.3, 0.4) is 0 Å². The van der Waals surface area contributed by atoms with Gasteiger partial charge < -0.3 is 16.0 Å². The standard InChI is InChI=1S/C13H27N3O/c1-13(2,3)15-12(17)16(4)11-8-6-5-7-10(11)9-14/h10-11H,5-9,14H2,1-4H3,(H,15,17). The number of carbonyl (C=O) groups is 1. The molecule has 0 aromatic rings. The van der Waals surface area contributed by atoms with Gasteiger partial charge in [0.15, 0.2) is 0 Å². The van der Waals surface area contributed by atoms with E-state index in [1.54, 1.807) is 0 Å². The van der Waals surface area contributed by atoms with Crippen molar-refractivity contribution in [1.29, 1.82) is 0 Å². The molecule has 3 N–H and O–H groups in total. The number of nitrogens with zero attached hydrogens (tertiary/aromatic N) is 1. The number of hydrogen-bond acceptors (Lipinski definition) is 2. The summed E-state index contributed by atoms with van der Waals surface area (Å²) in [6.07, 6.45) is 4.67. The Morgan fingerprint density at radius 3 is 2.47 bits per heavy atom. The summed E-state index contributed by atoms with van der Waals surface area (Å²) in [5.74, 6) is 0.458. The molecule has 2 unspecified atom stereocenters. The highest BCUT2D eigenvalue weighted by molar-refractivity contribution is 5.75. The van der Waals surface area contributed by atoms with E-state index >= 15 is 0 Å². The van der Waals surface area contributed by atoms with Crippen LogP contribution in [-0.2, 0) is 0 Å². The van der Waals surface area contributed by atoms with Crippen molar-refractivity contribution >= 4 is 6.03 Å². The van der Waals surface area contributed by atoms with Crippen LogP contribution in [0, 0.1) is 5.92 Å². The summed E-state index contributed by atoms with van der Waals surface area (Å²) in [6.45, 7) is 6.68. The highest BCUT2D eigenvalue weighted by Crippen LogP contribution is 2.27. The Balaban J connectivity index is 2.60. The Hall–Kier alpha value is -0.770. The number of carbonyl (C=O) groups excluding carboxylic acids is 1. The van der Waals surface area contributed by atoms with E-state index in [1.165, 1.54) is 12.8 Å². The van der Waals surface area contributed by atoms with E-state index < -0.39 is 0 Å². The number of amides is 2. The van der Waals surface area contributed by atoms with Crippen molar-refractivity contribution in [3.63, 3.8) is 0 Å². The first-order valence-electron chi connectivity index (χ1n) is 6.60. The van der Waals surface area contributed by atoms with Crippen LogP contribution in [0.4, 0.5) is 4.79 Å². The zero-order chi connectivity index (χ0) is 13.1. The van der Waals surface area contributed by atoms with Gasteiger partial charge in [-0.05, 0) is 46.1 Å². The maximum atomic E-state index is 12.1. The molecule has 1 aliphatic carbocycles. The Morgan fingerprint density at radius 1 is 1.35 bits per heavy atom. The van der Waals surface area contributed by atoms with Crippen molar-refractivity contribution in [3.8, 4) is 0 Å². The molecule has 4 heteroatoms. The average Bonchev–Trinajstić information content (AvgIpc) is 2.25. The van der Waals surface area contributed by atoms with E-state index in [2.05, 4.69) is 5.32 Å². The minimum Gasteiger partial charge on any atom is -0.333 e. The van der Waals surface area contributed by atoms with Crippen LogP contribution in [0.15, 0.2) is 0 Å². The fourth-order valence-corrected chi connectivity index (χ4v) is 2.53. The van der Waals surface area contributed by atoms with Gasteiger partial charge in [-0.2, -0.15) is 0 Å². The minimum atomic E-state index is -0.182. The van der Waals surface area contributed by atoms with Crippen LogP contribution in [0.1, 0.15) is 46.5 Å². The summed E-state index contributed by atoms with van der Waals surface area (Å²) in [6, 6.07) is 0.318. The van der Waals surface area contributed by atoms with Gasteiger partial charge in [-0.1, -0.05) is 12.8 Å². The van der Waals surface area contributed by atoms with Gasteiger partial charge in [-0.25, -0.2) is 4.79 Å². The molecular formula is C13H27N3O. The van der Waals surface area contributed by atoms with E-state index in [0.717, 1.165) is 12.8 Å². The first-order chi connectivity index (χ1) is 7.85. The molecule has 0 aliphatic heterocycles. The second-order valence-corrected chi connectivity index (χ2v) is 6.14. The molecule has 1 aliphatic rings. The Labute approximate surface area is 105 Å². The molecule has 0 spiro atoms. The normalized spacial score (nSPS) is 25.5. The monoisotopic (exact) mass is 241 g/mol. The lowest BCUT2D eigenvalue weighted by Crippen LogP contribution is -2.53. The highest BCUT2D eigenvalue weighted by Gasteiger charge is 2.30. The SMILES string of the molecule is CN(C(=O)NC(C)(C)C)C1CCCCC1CN. The number of urea groups is 1. The third-order valence-corrected chi connectivity index (χ3v) is 3.47. The van der Waals surface area contributed by atoms with Crippen molar-refractivity contribution < 1.29 is 4.79 Å². The van der Waals surface area contributed by atoms with E-state index in [4.69, 9.17) is 5.73 Å². The number of rotatable bonds is 2. The third-order valence-electron chi connectivity index (χ3n) is 3.47. The van der Waals surface area contributed by atoms with E-state index in [-0.39, 0.29) is 11.6 Å². The summed E-state index contributed by atoms with van der Waals surface area (Å²) in [5.41, 5.74) is 5.62. The van der Waals surface area contributed by atoms with Crippen molar-refractivity contribution in [2.24, 2.45) is 11.7 Å². The molecule has 0 radical (unpaired) electrons. The third kappa shape index (κ3) is 4.19. The predicted molar refractivity (Wildman–Crippen MR) is 70.8 cm³/mol. The molecule has 0 saturated heterocycles. The van der Waals surface area contributed by atoms with Crippen molar-refractivity contribution in [2.45, 2.75) is 58.0 Å². The Morgan fingerprint density at radius 2 is 1.94 bits per heavy atom. The van der Waals surface area contributed by atoms with Gasteiger partial charge in [-0.3, -0.25) is 0 Å². The topological polar surface area (TPSA) is 58.4 Å². The van der Waals surface area contributed by atoms with E-state index in [9.17, 15) is 4.79 Å². The van der Waals surface area contributed by atoms with E-state index in [1.807, 2.05) is 32.7 Å². The van der Waals surface area contributed by atoms with Gasteiger partial charge in [0.25, 0.3) is 0 Å². The zero-order valence-corrected chi connectivity index (χ0v) is 11.6. The van der Waals surface area contributed by atoms with Crippen LogP contribution in [0.25, 0.3) is 0 Å². The van der Waals surface area contributed by atoms with E-state index in [0.29, 0.717) is 18.5 Å². The lowest BCUT2D eigenvalue weighted by Gasteiger charge is -2.38. The highest BCUT2D eigenvalue weighted by atomic mass is 16.2. The maximum absolute atomic E-state index is 12.1. The molecule has 100 valence electrons. The fraction of sp³-hybridized carbons (Fsp3) is 0.923. The number of nitrogens with one attached hydrogen (secondary N) is 1. The first kappa shape index (κ1) is 14.3. The Bertz CT molecular complexity index is 260. The molecule has 0 aromatic heterocycles. The summed E-state index contributed by atoms with van der Waals surface area (Å²) >= 11 is 0. The van der Waals surface area contributed by atoms with Crippen molar-refractivity contribution in [1.82, 2.24) is 10.2 Å². The first-order valence-corrected chi connectivity index (χ1v) is 6.60. The summed E-state index contributed by atoms with van der Waals surface area (Å²) in [7, 11) is 1.89. The molecule has 2 amide bonds. The smallest absolute Gasteiger partial charge is 0.317 e. The molecule has 1 rings (SSSR count). The van der Waals surface area contributed by atoms with Crippen LogP contribution in [0.5, 0.6) is 0 Å². The maximum Gasteiger partial charge on any atom is 0.317 e. The fourth-order valence-electron chi connectivity index (χ4n) is 2.53. The summed E-state index contributed by atoms with van der Waals surface area (Å²) in [4.78, 5) is 13.9. The van der Waals surface area contributed by atoms with Gasteiger partial charge in [0.2, 0.25) is 0 Å². The van der Waals surface area contributed by atoms with Crippen LogP contribution in [0.2, 0.25) is 0 Å². The van der Waals surface area contributed by atoms with Crippen LogP contribution < -0.4 is 11.1 Å². The molecular weight excluding hydrogens is 214 g/mol. The van der Waals surface area contributed by atoms with Gasteiger partial charge in [0.05, 0.1) is 0 Å². The van der Waals surface area contributed by atoms with Gasteiger partial charge in [-0.15, -0.1) is 0 Å². The number of nitrogens with two attached hydrogens (primary N) is 1. The minimum absolute atomic E-state index is 0.0165. The molecule has 0 aromatic carbocycles. The summed E-state index contributed by atoms with van der Waals surface area (Å²) in [5, 5.41) is 3.01. The predicted octanol–water partition coefficient (Wildman–Crippen LogP) is 1.94. The molecule has 0 heterocycles. The molecule has 0 bridgehead atoms. The lowest BCUT2D eigenvalue weighted by atomic mass is 9.84. The summed E-state index contributed by atoms with van der Waals surface area (Å²) < 4.78 is 0. The van der Waals surface area contributed by atoms with Gasteiger partial charge >= 0.3 is 6.03 Å². The largest absolute Gasteiger partial charge is 0.333 e. The molecule has 1 fully saturated rings. The zero-order valence-electron chi connectivity index (χ0n) is 11.6. The average molecular weight is 241 g/mol. The van der Waals surface area contributed by atoms with Gasteiger partial charge in [0, 0.05) is 18.6 Å². The quantitative estimate of drug-likeness (QED) is 0.776. The Kier molecular flexibility index (Phi) is 4.80.